The van der Waals surface area contributed by atoms with E-state index in [-0.39, 0.29) is 18.9 Å². The number of amides is 3. The number of alkyl carbamates (subject to hydrolysis) is 1. The third-order valence-electron chi connectivity index (χ3n) is 4.62. The van der Waals surface area contributed by atoms with E-state index in [2.05, 4.69) is 27.3 Å². The smallest absolute Gasteiger partial charge is 0.408 e. The molecule has 3 N–H and O–H groups in total. The third-order valence-corrected chi connectivity index (χ3v) is 4.62. The fourth-order valence-electron chi connectivity index (χ4n) is 2.90. The van der Waals surface area contributed by atoms with Gasteiger partial charge in [0.25, 0.3) is 0 Å². The van der Waals surface area contributed by atoms with E-state index >= 15 is 0 Å². The van der Waals surface area contributed by atoms with Crippen molar-refractivity contribution in [3.05, 3.63) is 42.5 Å². The number of carbonyl (C=O) groups is 4. The quantitative estimate of drug-likeness (QED) is 0.301. The number of hydrogen-bond donors (Lipinski definition) is 3. The van der Waals surface area contributed by atoms with Crippen LogP contribution in [0.4, 0.5) is 4.79 Å². The van der Waals surface area contributed by atoms with Crippen molar-refractivity contribution in [3.8, 4) is 5.75 Å². The lowest BCUT2D eigenvalue weighted by Crippen LogP contribution is -2.56. The Kier molecular flexibility index (Phi) is 11.8. The SMILES string of the molecule is C=CCOc1ccc(C[C@H](NC(=O)OC(C)(C)C)C(=O)NC(C(=O)NCC(=O)OC)C(C)C)cc1. The normalized spacial score (nSPS) is 12.7. The molecule has 0 aromatic heterocycles. The summed E-state index contributed by atoms with van der Waals surface area (Å²) < 4.78 is 15.3. The maximum Gasteiger partial charge on any atom is 0.408 e. The number of esters is 1. The molecule has 10 heteroatoms. The van der Waals surface area contributed by atoms with Crippen LogP contribution in [0, 0.1) is 5.92 Å². The molecule has 194 valence electrons. The van der Waals surface area contributed by atoms with Gasteiger partial charge in [-0.3, -0.25) is 14.4 Å². The molecule has 35 heavy (non-hydrogen) atoms. The Balaban J connectivity index is 3.03. The van der Waals surface area contributed by atoms with Crippen LogP contribution in [0.25, 0.3) is 0 Å². The van der Waals surface area contributed by atoms with E-state index in [1.807, 2.05) is 0 Å². The van der Waals surface area contributed by atoms with Gasteiger partial charge in [-0.25, -0.2) is 4.79 Å². The van der Waals surface area contributed by atoms with Gasteiger partial charge in [-0.1, -0.05) is 38.6 Å². The summed E-state index contributed by atoms with van der Waals surface area (Å²) in [7, 11) is 1.21. The summed E-state index contributed by atoms with van der Waals surface area (Å²) in [5, 5.41) is 7.71. The molecular weight excluding hydrogens is 454 g/mol. The zero-order valence-corrected chi connectivity index (χ0v) is 21.3. The van der Waals surface area contributed by atoms with Crippen LogP contribution in [-0.2, 0) is 30.3 Å². The number of benzene rings is 1. The van der Waals surface area contributed by atoms with E-state index in [4.69, 9.17) is 9.47 Å². The first-order valence-electron chi connectivity index (χ1n) is 11.3. The van der Waals surface area contributed by atoms with Gasteiger partial charge in [0, 0.05) is 6.42 Å². The molecule has 1 aromatic rings. The molecule has 10 nitrogen and oxygen atoms in total. The largest absolute Gasteiger partial charge is 0.490 e. The van der Waals surface area contributed by atoms with E-state index < -0.39 is 41.6 Å². The molecule has 0 saturated heterocycles. The molecule has 0 saturated carbocycles. The second-order valence-electron chi connectivity index (χ2n) is 9.17. The van der Waals surface area contributed by atoms with Crippen molar-refractivity contribution < 1.29 is 33.4 Å². The summed E-state index contributed by atoms with van der Waals surface area (Å²) in [5.41, 5.74) is -0.00728. The van der Waals surface area contributed by atoms with Crippen LogP contribution in [0.3, 0.4) is 0 Å². The molecule has 1 aromatic carbocycles. The topological polar surface area (TPSA) is 132 Å². The third kappa shape index (κ3) is 11.4. The molecule has 0 aliphatic heterocycles. The van der Waals surface area contributed by atoms with Crippen molar-refractivity contribution >= 4 is 23.9 Å². The first-order valence-corrected chi connectivity index (χ1v) is 11.3. The molecule has 0 aliphatic carbocycles. The monoisotopic (exact) mass is 491 g/mol. The van der Waals surface area contributed by atoms with Gasteiger partial charge in [0.1, 0.15) is 36.6 Å². The summed E-state index contributed by atoms with van der Waals surface area (Å²) >= 11 is 0. The highest BCUT2D eigenvalue weighted by molar-refractivity contribution is 5.92. The standard InChI is InChI=1S/C25H37N3O7/c1-8-13-34-18-11-9-17(10-12-18)14-19(27-24(32)35-25(4,5)6)22(30)28-21(16(2)3)23(31)26-15-20(29)33-7/h8-12,16,19,21H,1,13-15H2,2-7H3,(H,26,31)(H,27,32)(H,28,30)/t19-,21?/m0/s1. The number of carbonyl (C=O) groups excluding carboxylic acids is 4. The second kappa shape index (κ2) is 14.0. The van der Waals surface area contributed by atoms with E-state index in [1.54, 1.807) is 65.0 Å². The average Bonchev–Trinajstić information content (AvgIpc) is 2.78. The zero-order valence-electron chi connectivity index (χ0n) is 21.3. The predicted octanol–water partition coefficient (Wildman–Crippen LogP) is 2.12. The van der Waals surface area contributed by atoms with Crippen LogP contribution in [0.15, 0.2) is 36.9 Å². The first kappa shape index (κ1) is 29.5. The summed E-state index contributed by atoms with van der Waals surface area (Å²) in [6.45, 7) is 12.3. The van der Waals surface area contributed by atoms with Crippen molar-refractivity contribution in [3.63, 3.8) is 0 Å². The number of ether oxygens (including phenoxy) is 3. The van der Waals surface area contributed by atoms with E-state index in [1.165, 1.54) is 7.11 Å². The van der Waals surface area contributed by atoms with E-state index in [0.717, 1.165) is 5.56 Å². The van der Waals surface area contributed by atoms with Crippen LogP contribution < -0.4 is 20.7 Å². The van der Waals surface area contributed by atoms with Gasteiger partial charge in [-0.05, 0) is 44.4 Å². The molecule has 3 amide bonds. The minimum Gasteiger partial charge on any atom is -0.490 e. The number of rotatable bonds is 12. The summed E-state index contributed by atoms with van der Waals surface area (Å²) in [5.74, 6) is -1.39. The molecule has 1 unspecified atom stereocenters. The van der Waals surface area contributed by atoms with Crippen LogP contribution in [-0.4, -0.2) is 61.8 Å². The van der Waals surface area contributed by atoms with Gasteiger partial charge in [0.2, 0.25) is 11.8 Å². The maximum absolute atomic E-state index is 13.2. The van der Waals surface area contributed by atoms with Gasteiger partial charge >= 0.3 is 12.1 Å². The van der Waals surface area contributed by atoms with Crippen molar-refractivity contribution in [2.24, 2.45) is 5.92 Å². The van der Waals surface area contributed by atoms with Crippen molar-refractivity contribution in [2.75, 3.05) is 20.3 Å². The van der Waals surface area contributed by atoms with Gasteiger partial charge in [-0.15, -0.1) is 0 Å². The lowest BCUT2D eigenvalue weighted by atomic mass is 10.0. The zero-order chi connectivity index (χ0) is 26.6. The van der Waals surface area contributed by atoms with Crippen LogP contribution >= 0.6 is 0 Å². The van der Waals surface area contributed by atoms with Crippen molar-refractivity contribution in [1.29, 1.82) is 0 Å². The highest BCUT2D eigenvalue weighted by atomic mass is 16.6. The number of methoxy groups -OCH3 is 1. The fraction of sp³-hybridized carbons (Fsp3) is 0.520. The first-order chi connectivity index (χ1) is 16.4. The van der Waals surface area contributed by atoms with Gasteiger partial charge < -0.3 is 30.2 Å². The molecule has 0 bridgehead atoms. The molecule has 0 fully saturated rings. The second-order valence-corrected chi connectivity index (χ2v) is 9.17. The minimum absolute atomic E-state index is 0.140. The van der Waals surface area contributed by atoms with Crippen LogP contribution in [0.5, 0.6) is 5.75 Å². The predicted molar refractivity (Wildman–Crippen MR) is 131 cm³/mol. The Morgan fingerprint density at radius 3 is 2.17 bits per heavy atom. The average molecular weight is 492 g/mol. The molecular formula is C25H37N3O7. The fourth-order valence-corrected chi connectivity index (χ4v) is 2.90. The molecule has 1 rings (SSSR count). The summed E-state index contributed by atoms with van der Waals surface area (Å²) in [6, 6.07) is 5.08. The highest BCUT2D eigenvalue weighted by Gasteiger charge is 2.30. The molecule has 0 spiro atoms. The molecule has 0 radical (unpaired) electrons. The number of nitrogens with one attached hydrogen (secondary N) is 3. The molecule has 2 atom stereocenters. The van der Waals surface area contributed by atoms with Crippen LogP contribution in [0.1, 0.15) is 40.2 Å². The molecule has 0 heterocycles. The lowest BCUT2D eigenvalue weighted by Gasteiger charge is -2.26. The lowest BCUT2D eigenvalue weighted by molar-refractivity contribution is -0.141. The Bertz CT molecular complexity index is 876. The number of hydrogen-bond acceptors (Lipinski definition) is 7. The van der Waals surface area contributed by atoms with Gasteiger partial charge in [-0.2, -0.15) is 0 Å². The summed E-state index contributed by atoms with van der Waals surface area (Å²) in [4.78, 5) is 49.6. The summed E-state index contributed by atoms with van der Waals surface area (Å²) in [6.07, 6.45) is 1.01. The van der Waals surface area contributed by atoms with Crippen molar-refractivity contribution in [2.45, 2.75) is 58.7 Å². The van der Waals surface area contributed by atoms with Gasteiger partial charge in [0.05, 0.1) is 7.11 Å². The maximum atomic E-state index is 13.2. The van der Waals surface area contributed by atoms with Crippen molar-refractivity contribution in [1.82, 2.24) is 16.0 Å². The Morgan fingerprint density at radius 2 is 1.66 bits per heavy atom. The van der Waals surface area contributed by atoms with Gasteiger partial charge in [0.15, 0.2) is 0 Å². The minimum atomic E-state index is -1.03. The Labute approximate surface area is 206 Å². The molecule has 0 aliphatic rings. The van der Waals surface area contributed by atoms with Crippen LogP contribution in [0.2, 0.25) is 0 Å². The van der Waals surface area contributed by atoms with E-state index in [9.17, 15) is 19.2 Å². The highest BCUT2D eigenvalue weighted by Crippen LogP contribution is 2.15. The van der Waals surface area contributed by atoms with E-state index in [0.29, 0.717) is 12.4 Å². The Morgan fingerprint density at radius 1 is 1.03 bits per heavy atom. The Hall–Kier alpha value is -3.56.